The fourth-order valence-corrected chi connectivity index (χ4v) is 1.85. The van der Waals surface area contributed by atoms with Crippen molar-refractivity contribution < 1.29 is 9.53 Å². The van der Waals surface area contributed by atoms with E-state index in [1.807, 2.05) is 13.8 Å². The molecule has 1 aromatic rings. The first-order valence-electron chi connectivity index (χ1n) is 6.62. The molecule has 1 unspecified atom stereocenters. The van der Waals surface area contributed by atoms with Gasteiger partial charge in [0.25, 0.3) is 0 Å². The number of nitrogens with one attached hydrogen (secondary N) is 2. The number of anilines is 1. The molecule has 0 saturated carbocycles. The maximum Gasteiger partial charge on any atom is 0.240 e. The molecule has 1 rings (SSSR count). The zero-order valence-electron chi connectivity index (χ0n) is 12.7. The van der Waals surface area contributed by atoms with Crippen molar-refractivity contribution in [3.8, 4) is 11.8 Å². The summed E-state index contributed by atoms with van der Waals surface area (Å²) in [5, 5.41) is 15.3. The van der Waals surface area contributed by atoms with Gasteiger partial charge < -0.3 is 15.4 Å². The second kappa shape index (κ2) is 7.19. The highest BCUT2D eigenvalue weighted by molar-refractivity contribution is 6.32. The number of benzene rings is 1. The third-order valence-corrected chi connectivity index (χ3v) is 3.69. The first-order valence-corrected chi connectivity index (χ1v) is 7.00. The highest BCUT2D eigenvalue weighted by Gasteiger charge is 2.29. The Morgan fingerprint density at radius 1 is 1.52 bits per heavy atom. The molecule has 0 saturated heterocycles. The molecule has 1 aromatic carbocycles. The lowest BCUT2D eigenvalue weighted by atomic mass is 9.90. The summed E-state index contributed by atoms with van der Waals surface area (Å²) >= 11 is 6.01. The molecule has 0 bridgehead atoms. The highest BCUT2D eigenvalue weighted by Crippen LogP contribution is 2.27. The minimum Gasteiger partial charge on any atom is -0.495 e. The zero-order valence-corrected chi connectivity index (χ0v) is 13.4. The summed E-state index contributed by atoms with van der Waals surface area (Å²) in [6.07, 6.45) is 0. The topological polar surface area (TPSA) is 74.2 Å². The van der Waals surface area contributed by atoms with E-state index in [0.29, 0.717) is 16.5 Å². The van der Waals surface area contributed by atoms with Crippen LogP contribution in [0.2, 0.25) is 5.02 Å². The smallest absolute Gasteiger partial charge is 0.240 e. The Balaban J connectivity index is 2.62. The Hall–Kier alpha value is -1.93. The molecule has 5 nitrogen and oxygen atoms in total. The van der Waals surface area contributed by atoms with Gasteiger partial charge in [-0.05, 0) is 31.0 Å². The average molecular weight is 310 g/mol. The van der Waals surface area contributed by atoms with Crippen LogP contribution >= 0.6 is 11.6 Å². The van der Waals surface area contributed by atoms with Crippen molar-refractivity contribution in [2.75, 3.05) is 19.0 Å². The minimum absolute atomic E-state index is 0.0156. The van der Waals surface area contributed by atoms with Gasteiger partial charge in [0, 0.05) is 5.69 Å². The molecule has 6 heteroatoms. The maximum atomic E-state index is 11.9. The summed E-state index contributed by atoms with van der Waals surface area (Å²) in [4.78, 5) is 11.9. The van der Waals surface area contributed by atoms with Crippen molar-refractivity contribution in [3.63, 3.8) is 0 Å². The predicted molar refractivity (Wildman–Crippen MR) is 83.5 cm³/mol. The normalized spacial score (nSPS) is 13.2. The monoisotopic (exact) mass is 309 g/mol. The molecular weight excluding hydrogens is 290 g/mol. The minimum atomic E-state index is -0.879. The summed E-state index contributed by atoms with van der Waals surface area (Å²) < 4.78 is 5.06. The average Bonchev–Trinajstić information content (AvgIpc) is 2.44. The maximum absolute atomic E-state index is 11.9. The van der Waals surface area contributed by atoms with Crippen molar-refractivity contribution in [3.05, 3.63) is 23.2 Å². The lowest BCUT2D eigenvalue weighted by Gasteiger charge is -2.27. The van der Waals surface area contributed by atoms with E-state index in [0.717, 1.165) is 0 Å². The van der Waals surface area contributed by atoms with Gasteiger partial charge in [-0.25, -0.2) is 0 Å². The number of hydrogen-bond donors (Lipinski definition) is 2. The Labute approximate surface area is 130 Å². The fourth-order valence-electron chi connectivity index (χ4n) is 1.59. The third kappa shape index (κ3) is 4.54. The molecule has 1 atom stereocenters. The first kappa shape index (κ1) is 17.1. The van der Waals surface area contributed by atoms with E-state index in [1.165, 1.54) is 7.11 Å². The number of nitriles is 1. The van der Waals surface area contributed by atoms with Gasteiger partial charge in [-0.3, -0.25) is 4.79 Å². The quantitative estimate of drug-likeness (QED) is 0.847. The molecular formula is C15H20ClN3O2. The molecule has 0 aliphatic carbocycles. The van der Waals surface area contributed by atoms with Crippen LogP contribution in [-0.2, 0) is 4.79 Å². The van der Waals surface area contributed by atoms with Crippen LogP contribution < -0.4 is 15.4 Å². The zero-order chi connectivity index (χ0) is 16.0. The van der Waals surface area contributed by atoms with Gasteiger partial charge in [-0.2, -0.15) is 5.26 Å². The van der Waals surface area contributed by atoms with E-state index in [-0.39, 0.29) is 18.4 Å². The molecule has 1 amide bonds. The van der Waals surface area contributed by atoms with Crippen LogP contribution in [0.4, 0.5) is 5.69 Å². The largest absolute Gasteiger partial charge is 0.495 e. The Bertz CT molecular complexity index is 554. The van der Waals surface area contributed by atoms with Crippen molar-refractivity contribution in [2.24, 2.45) is 5.92 Å². The second-order valence-corrected chi connectivity index (χ2v) is 5.63. The number of hydrogen-bond acceptors (Lipinski definition) is 4. The van der Waals surface area contributed by atoms with Gasteiger partial charge in [-0.1, -0.05) is 25.4 Å². The lowest BCUT2D eigenvalue weighted by Crippen LogP contribution is -2.50. The third-order valence-electron chi connectivity index (χ3n) is 3.39. The molecule has 0 aromatic heterocycles. The van der Waals surface area contributed by atoms with Crippen LogP contribution in [0.5, 0.6) is 5.75 Å². The molecule has 0 fully saturated rings. The van der Waals surface area contributed by atoms with Crippen molar-refractivity contribution in [2.45, 2.75) is 26.3 Å². The number of methoxy groups -OCH3 is 1. The van der Waals surface area contributed by atoms with Gasteiger partial charge >= 0.3 is 0 Å². The van der Waals surface area contributed by atoms with Gasteiger partial charge in [-0.15, -0.1) is 0 Å². The van der Waals surface area contributed by atoms with Crippen LogP contribution in [-0.4, -0.2) is 25.1 Å². The summed E-state index contributed by atoms with van der Waals surface area (Å²) in [5.41, 5.74) is -0.171. The van der Waals surface area contributed by atoms with Crippen LogP contribution in [0, 0.1) is 17.2 Å². The van der Waals surface area contributed by atoms with Crippen LogP contribution in [0.15, 0.2) is 18.2 Å². The van der Waals surface area contributed by atoms with Crippen LogP contribution in [0.25, 0.3) is 0 Å². The molecule has 0 aliphatic rings. The van der Waals surface area contributed by atoms with Gasteiger partial charge in [0.15, 0.2) is 0 Å². The summed E-state index contributed by atoms with van der Waals surface area (Å²) in [7, 11) is 1.54. The first-order chi connectivity index (χ1) is 9.82. The van der Waals surface area contributed by atoms with E-state index in [9.17, 15) is 4.79 Å². The van der Waals surface area contributed by atoms with E-state index in [4.69, 9.17) is 21.6 Å². The van der Waals surface area contributed by atoms with E-state index >= 15 is 0 Å². The van der Waals surface area contributed by atoms with Crippen molar-refractivity contribution >= 4 is 23.2 Å². The molecule has 0 heterocycles. The highest BCUT2D eigenvalue weighted by atomic mass is 35.5. The van der Waals surface area contributed by atoms with Gasteiger partial charge in [0.05, 0.1) is 24.7 Å². The number of carbonyl (C=O) groups is 1. The fraction of sp³-hybridized carbons (Fsp3) is 0.467. The van der Waals surface area contributed by atoms with Crippen LogP contribution in [0.3, 0.4) is 0 Å². The molecule has 2 N–H and O–H groups in total. The summed E-state index contributed by atoms with van der Waals surface area (Å²) in [6, 6.07) is 7.30. The number of rotatable bonds is 6. The van der Waals surface area contributed by atoms with Crippen molar-refractivity contribution in [1.82, 2.24) is 5.32 Å². The summed E-state index contributed by atoms with van der Waals surface area (Å²) in [5.74, 6) is 0.338. The predicted octanol–water partition coefficient (Wildman–Crippen LogP) is 2.81. The van der Waals surface area contributed by atoms with Crippen molar-refractivity contribution in [1.29, 1.82) is 5.26 Å². The number of amides is 1. The second-order valence-electron chi connectivity index (χ2n) is 5.22. The van der Waals surface area contributed by atoms with Crippen LogP contribution in [0.1, 0.15) is 20.8 Å². The lowest BCUT2D eigenvalue weighted by molar-refractivity contribution is -0.121. The van der Waals surface area contributed by atoms with E-state index in [1.54, 1.807) is 25.1 Å². The number of halogens is 1. The Morgan fingerprint density at radius 3 is 2.67 bits per heavy atom. The van der Waals surface area contributed by atoms with Gasteiger partial charge in [0.2, 0.25) is 5.91 Å². The Kier molecular flexibility index (Phi) is 5.86. The molecule has 0 radical (unpaired) electrons. The molecule has 114 valence electrons. The van der Waals surface area contributed by atoms with E-state index in [2.05, 4.69) is 16.7 Å². The van der Waals surface area contributed by atoms with E-state index < -0.39 is 5.54 Å². The SMILES string of the molecule is COc1ccc(NCC(=O)NC(C)(C#N)C(C)C)cc1Cl. The summed E-state index contributed by atoms with van der Waals surface area (Å²) in [6.45, 7) is 5.55. The Morgan fingerprint density at radius 2 is 2.19 bits per heavy atom. The van der Waals surface area contributed by atoms with Gasteiger partial charge in [0.1, 0.15) is 11.3 Å². The standard InChI is InChI=1S/C15H20ClN3O2/c1-10(2)15(3,9-17)19-14(20)8-18-11-5-6-13(21-4)12(16)7-11/h5-7,10,18H,8H2,1-4H3,(H,19,20). The number of ether oxygens (including phenoxy) is 1. The molecule has 0 spiro atoms. The number of nitrogens with zero attached hydrogens (tertiary/aromatic N) is 1. The molecule has 0 aliphatic heterocycles. The number of carbonyl (C=O) groups excluding carboxylic acids is 1. The molecule has 21 heavy (non-hydrogen) atoms.